The van der Waals surface area contributed by atoms with E-state index in [0.717, 1.165) is 0 Å². The summed E-state index contributed by atoms with van der Waals surface area (Å²) < 4.78 is 36.4. The Morgan fingerprint density at radius 3 is 2.79 bits per heavy atom. The molecule has 0 fully saturated rings. The molecule has 0 saturated carbocycles. The van der Waals surface area contributed by atoms with E-state index in [1.54, 1.807) is 24.3 Å². The SMILES string of the molecule is O=S(=O)([O-])Cc1noc2ccccc12. The van der Waals surface area contributed by atoms with Crippen molar-refractivity contribution in [1.29, 1.82) is 0 Å². The fourth-order valence-corrected chi connectivity index (χ4v) is 1.75. The number of nitrogens with zero attached hydrogens (tertiary/aromatic N) is 1. The van der Waals surface area contributed by atoms with Crippen LogP contribution in [0.4, 0.5) is 0 Å². The van der Waals surface area contributed by atoms with E-state index < -0.39 is 15.9 Å². The molecule has 0 aliphatic rings. The van der Waals surface area contributed by atoms with Gasteiger partial charge < -0.3 is 9.08 Å². The summed E-state index contributed by atoms with van der Waals surface area (Å²) in [6, 6.07) is 6.78. The molecule has 1 aromatic carbocycles. The molecule has 1 heterocycles. The van der Waals surface area contributed by atoms with Gasteiger partial charge in [0.05, 0.1) is 5.75 Å². The normalized spacial score (nSPS) is 12.1. The molecule has 5 nitrogen and oxygen atoms in total. The lowest BCUT2D eigenvalue weighted by atomic mass is 10.2. The Morgan fingerprint density at radius 1 is 1.36 bits per heavy atom. The van der Waals surface area contributed by atoms with Crippen LogP contribution in [0.5, 0.6) is 0 Å². The van der Waals surface area contributed by atoms with E-state index >= 15 is 0 Å². The summed E-state index contributed by atoms with van der Waals surface area (Å²) in [6.45, 7) is 0. The standard InChI is InChI=1S/C8H7NO4S/c10-14(11,12)5-7-6-3-1-2-4-8(6)13-9-7/h1-4H,5H2,(H,10,11,12)/p-1. The number of fused-ring (bicyclic) bond motifs is 1. The van der Waals surface area contributed by atoms with Crippen molar-refractivity contribution >= 4 is 21.1 Å². The lowest BCUT2D eigenvalue weighted by molar-refractivity contribution is 0.439. The molecular formula is C8H6NO4S-. The van der Waals surface area contributed by atoms with Gasteiger partial charge in [-0.15, -0.1) is 0 Å². The number of rotatable bonds is 2. The molecule has 0 N–H and O–H groups in total. The zero-order valence-corrected chi connectivity index (χ0v) is 7.82. The Morgan fingerprint density at radius 2 is 2.07 bits per heavy atom. The monoisotopic (exact) mass is 212 g/mol. The van der Waals surface area contributed by atoms with Crippen LogP contribution in [-0.4, -0.2) is 18.1 Å². The van der Waals surface area contributed by atoms with Gasteiger partial charge in [0.2, 0.25) is 0 Å². The lowest BCUT2D eigenvalue weighted by Gasteiger charge is -2.02. The third kappa shape index (κ3) is 1.75. The van der Waals surface area contributed by atoms with Crippen LogP contribution in [-0.2, 0) is 15.9 Å². The van der Waals surface area contributed by atoms with Crippen LogP contribution in [0.1, 0.15) is 5.69 Å². The Balaban J connectivity index is 2.54. The summed E-state index contributed by atoms with van der Waals surface area (Å²) in [5.74, 6) is -0.635. The summed E-state index contributed by atoms with van der Waals surface area (Å²) >= 11 is 0. The summed E-state index contributed by atoms with van der Waals surface area (Å²) in [6.07, 6.45) is 0. The van der Waals surface area contributed by atoms with E-state index in [-0.39, 0.29) is 5.69 Å². The van der Waals surface area contributed by atoms with Crippen molar-refractivity contribution in [2.24, 2.45) is 0 Å². The number of hydrogen-bond acceptors (Lipinski definition) is 5. The van der Waals surface area contributed by atoms with Crippen molar-refractivity contribution in [3.05, 3.63) is 30.0 Å². The van der Waals surface area contributed by atoms with Crippen molar-refractivity contribution in [1.82, 2.24) is 5.16 Å². The summed E-state index contributed by atoms with van der Waals surface area (Å²) in [5, 5.41) is 4.09. The van der Waals surface area contributed by atoms with Gasteiger partial charge in [-0.1, -0.05) is 17.3 Å². The van der Waals surface area contributed by atoms with Crippen LogP contribution in [0.3, 0.4) is 0 Å². The highest BCUT2D eigenvalue weighted by molar-refractivity contribution is 7.84. The van der Waals surface area contributed by atoms with Crippen molar-refractivity contribution in [2.75, 3.05) is 0 Å². The van der Waals surface area contributed by atoms with Gasteiger partial charge >= 0.3 is 0 Å². The van der Waals surface area contributed by atoms with Gasteiger partial charge in [0.15, 0.2) is 5.58 Å². The van der Waals surface area contributed by atoms with E-state index in [1.807, 2.05) is 0 Å². The van der Waals surface area contributed by atoms with Crippen LogP contribution >= 0.6 is 0 Å². The molecule has 0 saturated heterocycles. The molecule has 0 aliphatic carbocycles. The van der Waals surface area contributed by atoms with Crippen LogP contribution in [0.25, 0.3) is 11.0 Å². The first kappa shape index (κ1) is 9.17. The Kier molecular flexibility index (Phi) is 2.01. The second-order valence-corrected chi connectivity index (χ2v) is 4.23. The van der Waals surface area contributed by atoms with E-state index in [2.05, 4.69) is 5.16 Å². The van der Waals surface area contributed by atoms with Crippen molar-refractivity contribution in [2.45, 2.75) is 5.75 Å². The molecule has 0 unspecified atom stereocenters. The molecule has 0 bridgehead atoms. The van der Waals surface area contributed by atoms with Crippen LogP contribution in [0, 0.1) is 0 Å². The van der Waals surface area contributed by atoms with Gasteiger partial charge in [-0.25, -0.2) is 8.42 Å². The maximum absolute atomic E-state index is 10.5. The van der Waals surface area contributed by atoms with Crippen molar-refractivity contribution in [3.63, 3.8) is 0 Å². The molecule has 0 amide bonds. The third-order valence-corrected chi connectivity index (χ3v) is 2.39. The average molecular weight is 212 g/mol. The van der Waals surface area contributed by atoms with Gasteiger partial charge in [0, 0.05) is 5.39 Å². The lowest BCUT2D eigenvalue weighted by Crippen LogP contribution is -2.02. The molecule has 0 aliphatic heterocycles. The molecule has 2 rings (SSSR count). The van der Waals surface area contributed by atoms with Crippen molar-refractivity contribution < 1.29 is 17.5 Å². The maximum atomic E-state index is 10.5. The molecule has 0 spiro atoms. The zero-order valence-electron chi connectivity index (χ0n) is 7.00. The average Bonchev–Trinajstić information content (AvgIpc) is 2.47. The van der Waals surface area contributed by atoms with Gasteiger partial charge in [-0.05, 0) is 12.1 Å². The highest BCUT2D eigenvalue weighted by Gasteiger charge is 2.09. The highest BCUT2D eigenvalue weighted by Crippen LogP contribution is 2.18. The Bertz CT molecular complexity index is 557. The molecule has 14 heavy (non-hydrogen) atoms. The van der Waals surface area contributed by atoms with E-state index in [1.165, 1.54) is 0 Å². The van der Waals surface area contributed by atoms with Crippen molar-refractivity contribution in [3.8, 4) is 0 Å². The predicted octanol–water partition coefficient (Wildman–Crippen LogP) is 0.873. The van der Waals surface area contributed by atoms with E-state index in [4.69, 9.17) is 4.52 Å². The number of benzene rings is 1. The predicted molar refractivity (Wildman–Crippen MR) is 47.4 cm³/mol. The molecule has 0 atom stereocenters. The molecular weight excluding hydrogens is 206 g/mol. The van der Waals surface area contributed by atoms with Gasteiger partial charge in [-0.2, -0.15) is 0 Å². The molecule has 74 valence electrons. The first-order valence-electron chi connectivity index (χ1n) is 3.83. The smallest absolute Gasteiger partial charge is 0.167 e. The fraction of sp³-hybridized carbons (Fsp3) is 0.125. The van der Waals surface area contributed by atoms with E-state index in [0.29, 0.717) is 11.0 Å². The first-order chi connectivity index (χ1) is 6.56. The van der Waals surface area contributed by atoms with E-state index in [9.17, 15) is 13.0 Å². The highest BCUT2D eigenvalue weighted by atomic mass is 32.2. The largest absolute Gasteiger partial charge is 0.748 e. The van der Waals surface area contributed by atoms with Gasteiger partial charge in [0.1, 0.15) is 15.8 Å². The van der Waals surface area contributed by atoms with Crippen LogP contribution in [0.15, 0.2) is 28.8 Å². The minimum atomic E-state index is -4.31. The minimum Gasteiger partial charge on any atom is -0.748 e. The molecule has 0 radical (unpaired) electrons. The van der Waals surface area contributed by atoms with Crippen LogP contribution in [0.2, 0.25) is 0 Å². The van der Waals surface area contributed by atoms with Gasteiger partial charge in [0.25, 0.3) is 0 Å². The minimum absolute atomic E-state index is 0.163. The Labute approximate surface area is 80.1 Å². The number of hydrogen-bond donors (Lipinski definition) is 0. The first-order valence-corrected chi connectivity index (χ1v) is 5.41. The molecule has 1 aromatic heterocycles. The van der Waals surface area contributed by atoms with Crippen LogP contribution < -0.4 is 0 Å². The second kappa shape index (κ2) is 3.07. The van der Waals surface area contributed by atoms with Gasteiger partial charge in [-0.3, -0.25) is 0 Å². The Hall–Kier alpha value is -1.40. The number of aromatic nitrogens is 1. The summed E-state index contributed by atoms with van der Waals surface area (Å²) in [4.78, 5) is 0. The number of para-hydroxylation sites is 1. The fourth-order valence-electron chi connectivity index (χ4n) is 1.21. The third-order valence-electron chi connectivity index (χ3n) is 1.77. The maximum Gasteiger partial charge on any atom is 0.167 e. The second-order valence-electron chi connectivity index (χ2n) is 2.83. The quantitative estimate of drug-likeness (QED) is 0.690. The molecule has 2 aromatic rings. The summed E-state index contributed by atoms with van der Waals surface area (Å²) in [5.41, 5.74) is 0.641. The topological polar surface area (TPSA) is 83.2 Å². The summed E-state index contributed by atoms with van der Waals surface area (Å²) in [7, 11) is -4.31. The molecule has 6 heteroatoms. The zero-order chi connectivity index (χ0) is 10.2.